The number of amides is 2. The van der Waals surface area contributed by atoms with Crippen LogP contribution in [0.3, 0.4) is 0 Å². The number of nitrogens with zero attached hydrogens (tertiary/aromatic N) is 1. The molecular formula is C12H24N3O5+. The van der Waals surface area contributed by atoms with Crippen molar-refractivity contribution in [2.45, 2.75) is 25.5 Å². The van der Waals surface area contributed by atoms with Gasteiger partial charge < -0.3 is 25.3 Å². The Morgan fingerprint density at radius 1 is 1.15 bits per heavy atom. The fourth-order valence-corrected chi connectivity index (χ4v) is 1.52. The van der Waals surface area contributed by atoms with E-state index in [0.29, 0.717) is 11.0 Å². The number of quaternary nitrogens is 1. The number of aliphatic hydroxyl groups excluding tert-OH is 1. The van der Waals surface area contributed by atoms with Gasteiger partial charge in [0, 0.05) is 0 Å². The smallest absolute Gasteiger partial charge is 0.325 e. The Balaban J connectivity index is 3.99. The Labute approximate surface area is 118 Å². The molecule has 4 N–H and O–H groups in total. The molecule has 0 radical (unpaired) electrons. The molecule has 0 rings (SSSR count). The van der Waals surface area contributed by atoms with Crippen molar-refractivity contribution in [1.82, 2.24) is 10.6 Å². The monoisotopic (exact) mass is 290 g/mol. The fourth-order valence-electron chi connectivity index (χ4n) is 1.52. The molecule has 0 spiro atoms. The number of carboxylic acids is 1. The Morgan fingerprint density at radius 3 is 2.15 bits per heavy atom. The van der Waals surface area contributed by atoms with Gasteiger partial charge >= 0.3 is 5.97 Å². The van der Waals surface area contributed by atoms with E-state index < -0.39 is 29.9 Å². The second kappa shape index (κ2) is 7.81. The molecule has 0 aromatic carbocycles. The number of carbonyl (C=O) groups is 3. The molecule has 0 aliphatic carbocycles. The van der Waals surface area contributed by atoms with Crippen LogP contribution in [0.25, 0.3) is 0 Å². The van der Waals surface area contributed by atoms with Crippen LogP contribution in [-0.4, -0.2) is 78.9 Å². The fraction of sp³-hybridized carbons (Fsp3) is 0.750. The van der Waals surface area contributed by atoms with Gasteiger partial charge in [0.1, 0.15) is 18.7 Å². The summed E-state index contributed by atoms with van der Waals surface area (Å²) in [5.74, 6) is -2.19. The third-order valence-corrected chi connectivity index (χ3v) is 2.37. The van der Waals surface area contributed by atoms with Crippen molar-refractivity contribution in [3.63, 3.8) is 0 Å². The van der Waals surface area contributed by atoms with Gasteiger partial charge in [-0.25, -0.2) is 0 Å². The van der Waals surface area contributed by atoms with Gasteiger partial charge in [-0.3, -0.25) is 14.4 Å². The minimum absolute atomic E-state index is 0.0999. The molecule has 0 saturated heterocycles. The molecule has 0 aromatic heterocycles. The maximum Gasteiger partial charge on any atom is 0.325 e. The van der Waals surface area contributed by atoms with Crippen LogP contribution in [-0.2, 0) is 14.4 Å². The van der Waals surface area contributed by atoms with Gasteiger partial charge in [0.25, 0.3) is 0 Å². The topological polar surface area (TPSA) is 116 Å². The van der Waals surface area contributed by atoms with Gasteiger partial charge in [-0.15, -0.1) is 0 Å². The van der Waals surface area contributed by atoms with Crippen molar-refractivity contribution in [3.8, 4) is 0 Å². The molecule has 8 heteroatoms. The molecule has 0 aliphatic rings. The van der Waals surface area contributed by atoms with E-state index in [1.807, 2.05) is 21.1 Å². The third kappa shape index (κ3) is 9.29. The normalized spacial score (nSPS) is 14.2. The van der Waals surface area contributed by atoms with Crippen LogP contribution in [0.4, 0.5) is 0 Å². The lowest BCUT2D eigenvalue weighted by molar-refractivity contribution is -0.873. The minimum Gasteiger partial charge on any atom is -0.480 e. The highest BCUT2D eigenvalue weighted by Gasteiger charge is 2.19. The van der Waals surface area contributed by atoms with E-state index in [1.165, 1.54) is 6.92 Å². The number of hydrogen-bond donors (Lipinski definition) is 4. The van der Waals surface area contributed by atoms with E-state index in [4.69, 9.17) is 5.11 Å². The number of likely N-dealkylation sites (N-methyl/N-ethyl adjacent to an activating group) is 1. The average Bonchev–Trinajstić information content (AvgIpc) is 2.23. The van der Waals surface area contributed by atoms with Gasteiger partial charge in [-0.05, 0) is 6.92 Å². The number of rotatable bonds is 8. The summed E-state index contributed by atoms with van der Waals surface area (Å²) < 4.78 is 0.519. The zero-order chi connectivity index (χ0) is 15.9. The lowest BCUT2D eigenvalue weighted by Gasteiger charge is -2.26. The molecular weight excluding hydrogens is 266 g/mol. The molecule has 0 bridgehead atoms. The van der Waals surface area contributed by atoms with Crippen LogP contribution in [0.5, 0.6) is 0 Å². The van der Waals surface area contributed by atoms with Crippen LogP contribution in [0.15, 0.2) is 0 Å². The molecule has 0 saturated carbocycles. The Hall–Kier alpha value is -1.67. The maximum atomic E-state index is 11.5. The van der Waals surface area contributed by atoms with Gasteiger partial charge in [-0.1, -0.05) is 0 Å². The van der Waals surface area contributed by atoms with Crippen molar-refractivity contribution < 1.29 is 29.1 Å². The summed E-state index contributed by atoms with van der Waals surface area (Å²) in [4.78, 5) is 33.3. The van der Waals surface area contributed by atoms with Gasteiger partial charge in [0.15, 0.2) is 0 Å². The van der Waals surface area contributed by atoms with Crippen molar-refractivity contribution in [2.24, 2.45) is 0 Å². The molecule has 1 unspecified atom stereocenters. The molecule has 0 aromatic rings. The molecule has 20 heavy (non-hydrogen) atoms. The summed E-state index contributed by atoms with van der Waals surface area (Å²) in [7, 11) is 5.67. The van der Waals surface area contributed by atoms with Crippen molar-refractivity contribution in [1.29, 1.82) is 0 Å². The third-order valence-electron chi connectivity index (χ3n) is 2.37. The van der Waals surface area contributed by atoms with E-state index >= 15 is 0 Å². The number of carbonyl (C=O) groups excluding carboxylic acids is 2. The highest BCUT2D eigenvalue weighted by Crippen LogP contribution is 1.99. The van der Waals surface area contributed by atoms with Crippen LogP contribution in [0.2, 0.25) is 0 Å². The number of aliphatic carboxylic acids is 1. The largest absolute Gasteiger partial charge is 0.480 e. The summed E-state index contributed by atoms with van der Waals surface area (Å²) in [5.41, 5.74) is 0. The SMILES string of the molecule is C[C@H](NC(=O)CNC(=O)CC(O)C[N+](C)(C)C)C(=O)O. The molecule has 2 amide bonds. The molecule has 0 heterocycles. The van der Waals surface area contributed by atoms with E-state index in [9.17, 15) is 19.5 Å². The number of hydrogen-bond acceptors (Lipinski definition) is 4. The highest BCUT2D eigenvalue weighted by molar-refractivity contribution is 5.87. The first-order chi connectivity index (χ1) is 9.01. The lowest BCUT2D eigenvalue weighted by atomic mass is 10.2. The van der Waals surface area contributed by atoms with E-state index in [2.05, 4.69) is 10.6 Å². The highest BCUT2D eigenvalue weighted by atomic mass is 16.4. The standard InChI is InChI=1S/C12H23N3O5/c1-8(12(19)20)14-11(18)6-13-10(17)5-9(16)7-15(2,3)4/h8-9,16H,5-7H2,1-4H3,(H2-,13,14,17,18,19,20)/p+1/t8-,9?/m0/s1. The van der Waals surface area contributed by atoms with E-state index in [1.54, 1.807) is 0 Å². The average molecular weight is 290 g/mol. The zero-order valence-corrected chi connectivity index (χ0v) is 12.3. The minimum atomic E-state index is -1.15. The Kier molecular flexibility index (Phi) is 7.16. The zero-order valence-electron chi connectivity index (χ0n) is 12.3. The quantitative estimate of drug-likeness (QED) is 0.392. The first-order valence-electron chi connectivity index (χ1n) is 6.28. The predicted octanol–water partition coefficient (Wildman–Crippen LogP) is -1.85. The van der Waals surface area contributed by atoms with Crippen LogP contribution in [0.1, 0.15) is 13.3 Å². The summed E-state index contributed by atoms with van der Waals surface area (Å²) >= 11 is 0. The van der Waals surface area contributed by atoms with Crippen LogP contribution < -0.4 is 10.6 Å². The maximum absolute atomic E-state index is 11.5. The molecule has 0 aliphatic heterocycles. The molecule has 2 atom stereocenters. The number of nitrogens with one attached hydrogen (secondary N) is 2. The molecule has 116 valence electrons. The Bertz CT molecular complexity index is 365. The summed E-state index contributed by atoms with van der Waals surface area (Å²) in [6.07, 6.45) is -0.895. The predicted molar refractivity (Wildman–Crippen MR) is 71.8 cm³/mol. The van der Waals surface area contributed by atoms with Crippen molar-refractivity contribution in [3.05, 3.63) is 0 Å². The summed E-state index contributed by atoms with van der Waals surface area (Å²) in [5, 5.41) is 22.8. The summed E-state index contributed by atoms with van der Waals surface area (Å²) in [6.45, 7) is 1.43. The molecule has 8 nitrogen and oxygen atoms in total. The van der Waals surface area contributed by atoms with Crippen molar-refractivity contribution in [2.75, 3.05) is 34.2 Å². The molecule has 0 fully saturated rings. The van der Waals surface area contributed by atoms with Gasteiger partial charge in [0.2, 0.25) is 11.8 Å². The first-order valence-corrected chi connectivity index (χ1v) is 6.28. The van der Waals surface area contributed by atoms with E-state index in [0.717, 1.165) is 0 Å². The van der Waals surface area contributed by atoms with Crippen LogP contribution >= 0.6 is 0 Å². The second-order valence-electron chi connectivity index (χ2n) is 5.74. The van der Waals surface area contributed by atoms with Gasteiger partial charge in [-0.2, -0.15) is 0 Å². The number of aliphatic hydroxyl groups is 1. The number of carboxylic acid groups (broad SMARTS) is 1. The van der Waals surface area contributed by atoms with E-state index in [-0.39, 0.29) is 13.0 Å². The second-order valence-corrected chi connectivity index (χ2v) is 5.74. The Morgan fingerprint density at radius 2 is 1.70 bits per heavy atom. The summed E-state index contributed by atoms with van der Waals surface area (Å²) in [6, 6.07) is -1.01. The van der Waals surface area contributed by atoms with Gasteiger partial charge in [0.05, 0.1) is 34.1 Å². The lowest BCUT2D eigenvalue weighted by Crippen LogP contribution is -2.46. The first kappa shape index (κ1) is 18.3. The van der Waals surface area contributed by atoms with Crippen LogP contribution in [0, 0.1) is 0 Å². The van der Waals surface area contributed by atoms with Crippen molar-refractivity contribution >= 4 is 17.8 Å².